The molecular formula is C26H40O4Si. The summed E-state index contributed by atoms with van der Waals surface area (Å²) in [5.41, 5.74) is -0.375. The van der Waals surface area contributed by atoms with E-state index in [1.54, 1.807) is 14.0 Å². The zero-order valence-electron chi connectivity index (χ0n) is 20.6. The van der Waals surface area contributed by atoms with E-state index >= 15 is 0 Å². The molecule has 4 nitrogen and oxygen atoms in total. The van der Waals surface area contributed by atoms with Crippen LogP contribution in [0.3, 0.4) is 0 Å². The summed E-state index contributed by atoms with van der Waals surface area (Å²) in [4.78, 5) is 13.4. The summed E-state index contributed by atoms with van der Waals surface area (Å²) in [6.45, 7) is 15.5. The molecule has 0 bridgehead atoms. The quantitative estimate of drug-likeness (QED) is 0.298. The Bertz CT molecular complexity index is 866. The number of benzene rings is 2. The maximum atomic E-state index is 13.4. The summed E-state index contributed by atoms with van der Waals surface area (Å²) < 4.78 is 18.2. The van der Waals surface area contributed by atoms with Gasteiger partial charge in [0, 0.05) is 12.7 Å². The Morgan fingerprint density at radius 1 is 1.03 bits per heavy atom. The lowest BCUT2D eigenvalue weighted by atomic mass is 9.90. The molecule has 2 aromatic carbocycles. The van der Waals surface area contributed by atoms with E-state index in [1.165, 1.54) is 0 Å². The van der Waals surface area contributed by atoms with Gasteiger partial charge in [-0.1, -0.05) is 76.6 Å². The molecule has 0 saturated heterocycles. The van der Waals surface area contributed by atoms with E-state index < -0.39 is 13.9 Å². The number of fused-ring (bicyclic) bond motifs is 1. The predicted octanol–water partition coefficient (Wildman–Crippen LogP) is 6.83. The summed E-state index contributed by atoms with van der Waals surface area (Å²) in [6, 6.07) is 14.0. The first-order valence-electron chi connectivity index (χ1n) is 11.3. The molecule has 0 unspecified atom stereocenters. The smallest absolute Gasteiger partial charge is 0.343 e. The molecule has 172 valence electrons. The summed E-state index contributed by atoms with van der Waals surface area (Å²) in [5, 5.41) is 2.17. The van der Waals surface area contributed by atoms with E-state index in [0.717, 1.165) is 35.6 Å². The van der Waals surface area contributed by atoms with E-state index in [2.05, 4.69) is 40.8 Å². The van der Waals surface area contributed by atoms with Gasteiger partial charge in [0.25, 0.3) is 0 Å². The molecule has 31 heavy (non-hydrogen) atoms. The molecule has 2 aromatic rings. The standard InChI is InChI=1S/C26H40O4Si/c1-9-10-16-21(19-29-31(7,8)25(2,3)4)30-24(27)26(5,28-6)23-18-13-15-20-14-11-12-17-22(20)23/h11-15,17-18,21H,9-10,16,19H2,1-8H3/t21-,26-/m0/s1. The molecule has 2 rings (SSSR count). The van der Waals surface area contributed by atoms with Crippen molar-refractivity contribution < 1.29 is 18.7 Å². The second-order valence-corrected chi connectivity index (χ2v) is 14.8. The largest absolute Gasteiger partial charge is 0.458 e. The third kappa shape index (κ3) is 5.97. The van der Waals surface area contributed by atoms with Crippen molar-refractivity contribution in [3.05, 3.63) is 48.0 Å². The van der Waals surface area contributed by atoms with Gasteiger partial charge >= 0.3 is 5.97 Å². The van der Waals surface area contributed by atoms with Gasteiger partial charge in [0.1, 0.15) is 6.10 Å². The first-order chi connectivity index (χ1) is 14.5. The number of rotatable bonds is 10. The zero-order chi connectivity index (χ0) is 23.3. The third-order valence-corrected chi connectivity index (χ3v) is 11.2. The van der Waals surface area contributed by atoms with Gasteiger partial charge in [-0.2, -0.15) is 0 Å². The number of hydrogen-bond donors (Lipinski definition) is 0. The highest BCUT2D eigenvalue weighted by Crippen LogP contribution is 2.37. The fourth-order valence-corrected chi connectivity index (χ4v) is 4.37. The fourth-order valence-electron chi connectivity index (χ4n) is 3.33. The van der Waals surface area contributed by atoms with Crippen molar-refractivity contribution >= 4 is 25.1 Å². The average molecular weight is 445 g/mol. The average Bonchev–Trinajstić information content (AvgIpc) is 2.73. The molecule has 0 heterocycles. The van der Waals surface area contributed by atoms with Crippen molar-refractivity contribution in [2.45, 2.75) is 83.7 Å². The Morgan fingerprint density at radius 3 is 2.29 bits per heavy atom. The SMILES string of the molecule is CCCC[C@@H](CO[Si](C)(C)C(C)(C)C)OC(=O)[C@@](C)(OC)c1cccc2ccccc12. The van der Waals surface area contributed by atoms with E-state index in [0.29, 0.717) is 6.61 Å². The number of carbonyl (C=O) groups is 1. The van der Waals surface area contributed by atoms with Crippen LogP contribution >= 0.6 is 0 Å². The molecule has 0 saturated carbocycles. The van der Waals surface area contributed by atoms with Crippen LogP contribution in [0, 0.1) is 0 Å². The van der Waals surface area contributed by atoms with Crippen LogP contribution in [-0.2, 0) is 24.3 Å². The highest BCUT2D eigenvalue weighted by Gasteiger charge is 2.41. The van der Waals surface area contributed by atoms with Crippen LogP contribution in [0.5, 0.6) is 0 Å². The molecule has 0 amide bonds. The van der Waals surface area contributed by atoms with Crippen molar-refractivity contribution in [2.24, 2.45) is 0 Å². The number of unbranched alkanes of at least 4 members (excludes halogenated alkanes) is 1. The van der Waals surface area contributed by atoms with Gasteiger partial charge in [-0.25, -0.2) is 4.79 Å². The van der Waals surface area contributed by atoms with E-state index in [1.807, 2.05) is 42.5 Å². The lowest BCUT2D eigenvalue weighted by Crippen LogP contribution is -2.44. The van der Waals surface area contributed by atoms with Crippen LogP contribution in [0.2, 0.25) is 18.1 Å². The van der Waals surface area contributed by atoms with Gasteiger partial charge in [0.2, 0.25) is 0 Å². The molecule has 0 aliphatic heterocycles. The monoisotopic (exact) mass is 444 g/mol. The summed E-state index contributed by atoms with van der Waals surface area (Å²) in [7, 11) is -0.369. The van der Waals surface area contributed by atoms with Crippen molar-refractivity contribution in [1.29, 1.82) is 0 Å². The second-order valence-electron chi connectivity index (χ2n) is 10.0. The molecule has 0 aliphatic carbocycles. The van der Waals surface area contributed by atoms with Crippen LogP contribution in [0.25, 0.3) is 10.8 Å². The lowest BCUT2D eigenvalue weighted by molar-refractivity contribution is -0.176. The van der Waals surface area contributed by atoms with Crippen LogP contribution in [0.15, 0.2) is 42.5 Å². The minimum absolute atomic E-state index is 0.107. The van der Waals surface area contributed by atoms with E-state index in [4.69, 9.17) is 13.9 Å². The number of hydrogen-bond acceptors (Lipinski definition) is 4. The normalized spacial score (nSPS) is 15.5. The molecule has 0 N–H and O–H groups in total. The first-order valence-corrected chi connectivity index (χ1v) is 14.3. The third-order valence-electron chi connectivity index (χ3n) is 6.69. The number of methoxy groups -OCH3 is 1. The van der Waals surface area contributed by atoms with Gasteiger partial charge in [0.05, 0.1) is 6.61 Å². The molecule has 5 heteroatoms. The summed E-state index contributed by atoms with van der Waals surface area (Å²) in [6.07, 6.45) is 2.52. The zero-order valence-corrected chi connectivity index (χ0v) is 21.6. The van der Waals surface area contributed by atoms with Gasteiger partial charge in [-0.15, -0.1) is 0 Å². The molecule has 0 aliphatic rings. The Balaban J connectivity index is 2.27. The Labute approximate surface area is 189 Å². The molecule has 2 atom stereocenters. The van der Waals surface area contributed by atoms with Crippen LogP contribution in [0.1, 0.15) is 59.4 Å². The maximum absolute atomic E-state index is 13.4. The highest BCUT2D eigenvalue weighted by molar-refractivity contribution is 6.74. The first kappa shape index (κ1) is 25.6. The fraction of sp³-hybridized carbons (Fsp3) is 0.577. The molecule has 0 fully saturated rings. The van der Waals surface area contributed by atoms with E-state index in [-0.39, 0.29) is 17.1 Å². The van der Waals surface area contributed by atoms with Crippen LogP contribution in [-0.4, -0.2) is 34.1 Å². The van der Waals surface area contributed by atoms with Crippen molar-refractivity contribution in [1.82, 2.24) is 0 Å². The molecule has 0 radical (unpaired) electrons. The summed E-state index contributed by atoms with van der Waals surface area (Å²) in [5.74, 6) is -0.369. The second kappa shape index (κ2) is 10.3. The van der Waals surface area contributed by atoms with E-state index in [9.17, 15) is 4.79 Å². The van der Waals surface area contributed by atoms with Gasteiger partial charge in [-0.3, -0.25) is 0 Å². The minimum Gasteiger partial charge on any atom is -0.458 e. The predicted molar refractivity (Wildman–Crippen MR) is 131 cm³/mol. The van der Waals surface area contributed by atoms with Crippen molar-refractivity contribution in [3.63, 3.8) is 0 Å². The number of ether oxygens (including phenoxy) is 2. The van der Waals surface area contributed by atoms with Crippen molar-refractivity contribution in [3.8, 4) is 0 Å². The van der Waals surface area contributed by atoms with Crippen LogP contribution < -0.4 is 0 Å². The van der Waals surface area contributed by atoms with Gasteiger partial charge in [0.15, 0.2) is 13.9 Å². The number of carbonyl (C=O) groups excluding carboxylic acids is 1. The Morgan fingerprint density at radius 2 is 1.68 bits per heavy atom. The maximum Gasteiger partial charge on any atom is 0.343 e. The summed E-state index contributed by atoms with van der Waals surface area (Å²) >= 11 is 0. The van der Waals surface area contributed by atoms with Gasteiger partial charge in [-0.05, 0) is 48.7 Å². The minimum atomic E-state index is -1.93. The van der Waals surface area contributed by atoms with Crippen molar-refractivity contribution in [2.75, 3.05) is 13.7 Å². The molecule has 0 spiro atoms. The topological polar surface area (TPSA) is 44.8 Å². The lowest BCUT2D eigenvalue weighted by Gasteiger charge is -2.37. The Hall–Kier alpha value is -1.69. The molecule has 0 aromatic heterocycles. The van der Waals surface area contributed by atoms with Crippen LogP contribution in [0.4, 0.5) is 0 Å². The Kier molecular flexibility index (Phi) is 8.48. The van der Waals surface area contributed by atoms with Gasteiger partial charge < -0.3 is 13.9 Å². The highest BCUT2D eigenvalue weighted by atomic mass is 28.4. The molecular weight excluding hydrogens is 404 g/mol. The number of esters is 1.